The quantitative estimate of drug-likeness (QED) is 0.0188. The number of ketones is 1. The number of Topliss-reactive ketones (excluding diaryl/α,β-unsaturated/α-hetero) is 1. The number of ether oxygens (including phenoxy) is 9. The average molecular weight is 1260 g/mol. The van der Waals surface area contributed by atoms with Gasteiger partial charge in [0.1, 0.15) is 17.8 Å². The average Bonchev–Trinajstić information content (AvgIpc) is 1.62. The molecular weight excluding hydrogens is 1160 g/mol. The number of piperazine rings is 1. The molecule has 28 heteroatoms. The number of aliphatic hydroxyl groups is 2. The van der Waals surface area contributed by atoms with E-state index in [1.165, 1.54) is 35.4 Å². The number of nitrogens with zero attached hydrogens (tertiary/aromatic N) is 12. The highest BCUT2D eigenvalue weighted by Crippen LogP contribution is 2.33. The first-order valence-corrected chi connectivity index (χ1v) is 31.4. The molecular formula is C62H92N14O14. The van der Waals surface area contributed by atoms with E-state index in [0.717, 1.165) is 82.1 Å². The number of nitrogens with one attached hydrogen (secondary N) is 2. The summed E-state index contributed by atoms with van der Waals surface area (Å²) in [4.78, 5) is 61.2. The van der Waals surface area contributed by atoms with Crippen LogP contribution in [0.4, 0.5) is 0 Å². The molecule has 1 aromatic carbocycles. The van der Waals surface area contributed by atoms with E-state index in [1.807, 2.05) is 36.5 Å². The van der Waals surface area contributed by atoms with Crippen LogP contribution in [0, 0.1) is 11.3 Å². The van der Waals surface area contributed by atoms with Crippen LogP contribution in [0.3, 0.4) is 0 Å². The second-order valence-electron chi connectivity index (χ2n) is 21.5. The van der Waals surface area contributed by atoms with Crippen molar-refractivity contribution in [1.82, 2.24) is 64.6 Å². The topological polar surface area (TPSA) is 314 Å². The molecule has 0 radical (unpaired) electrons. The number of likely N-dealkylation sites (tertiary alicyclic amines) is 1. The lowest BCUT2D eigenvalue weighted by atomic mass is 9.93. The highest BCUT2D eigenvalue weighted by molar-refractivity contribution is 6.45. The summed E-state index contributed by atoms with van der Waals surface area (Å²) in [6.07, 6.45) is 9.88. The van der Waals surface area contributed by atoms with Crippen LogP contribution >= 0.6 is 0 Å². The Bertz CT molecular complexity index is 2940. The number of nitriles is 1. The van der Waals surface area contributed by atoms with Gasteiger partial charge in [0.05, 0.1) is 160 Å². The molecule has 0 spiro atoms. The Kier molecular flexibility index (Phi) is 32.2. The monoisotopic (exact) mass is 1260 g/mol. The molecule has 5 aromatic rings. The van der Waals surface area contributed by atoms with Gasteiger partial charge in [-0.3, -0.25) is 24.2 Å². The van der Waals surface area contributed by atoms with Gasteiger partial charge in [-0.2, -0.15) is 9.94 Å². The van der Waals surface area contributed by atoms with E-state index < -0.39 is 17.6 Å². The van der Waals surface area contributed by atoms with Crippen LogP contribution < -0.4 is 10.1 Å². The first kappa shape index (κ1) is 70.8. The Balaban J connectivity index is 0.706. The standard InChI is InChI=1S/C62H92N14O14/c1-3-27-83-30-33-86-36-37-88-35-32-85-29-25-75-45-51(68-70-75)47-90-41-40-89-39-38-87-34-31-84-28-24-72-22-20-71(21-23-72)15-8-17-73(52(46-78)13-26-77)16-7-14-64-61(80)59-67-48-76(69-59)60-57-56(55(82-2)44-66-60)54(43-65-57)58(79)62(81)74-18-11-50(12-19-74)53(42-63)49-9-5-4-6-10-49/h4-6,9-10,43-45,48,52,65,77-78H,3,7-8,11-41,46-47H2,1-2H3,(H,64,80). The van der Waals surface area contributed by atoms with Crippen LogP contribution in [0.2, 0.25) is 0 Å². The lowest BCUT2D eigenvalue weighted by Gasteiger charge is -2.35. The van der Waals surface area contributed by atoms with E-state index in [-0.39, 0.29) is 55.3 Å². The summed E-state index contributed by atoms with van der Waals surface area (Å²) in [6.45, 7) is 18.5. The Morgan fingerprint density at radius 2 is 1.37 bits per heavy atom. The molecule has 90 heavy (non-hydrogen) atoms. The Morgan fingerprint density at radius 3 is 1.99 bits per heavy atom. The number of amides is 2. The zero-order valence-electron chi connectivity index (χ0n) is 52.4. The van der Waals surface area contributed by atoms with Crippen molar-refractivity contribution >= 4 is 34.1 Å². The van der Waals surface area contributed by atoms with Crippen LogP contribution in [-0.2, 0) is 55.8 Å². The molecule has 4 aromatic heterocycles. The Labute approximate surface area is 526 Å². The molecule has 1 unspecified atom stereocenters. The van der Waals surface area contributed by atoms with E-state index in [1.54, 1.807) is 4.68 Å². The molecule has 0 saturated carbocycles. The van der Waals surface area contributed by atoms with Crippen molar-refractivity contribution in [2.24, 2.45) is 0 Å². The lowest BCUT2D eigenvalue weighted by molar-refractivity contribution is -0.126. The van der Waals surface area contributed by atoms with Gasteiger partial charge >= 0.3 is 0 Å². The van der Waals surface area contributed by atoms with E-state index in [4.69, 9.17) is 42.6 Å². The van der Waals surface area contributed by atoms with Gasteiger partial charge in [-0.15, -0.1) is 10.2 Å². The molecule has 2 aliphatic rings. The van der Waals surface area contributed by atoms with Crippen LogP contribution in [0.15, 0.2) is 60.8 Å². The van der Waals surface area contributed by atoms with Crippen molar-refractivity contribution < 1.29 is 67.2 Å². The number of hydrogen-bond acceptors (Lipinski definition) is 23. The first-order chi connectivity index (χ1) is 44.2. The van der Waals surface area contributed by atoms with Gasteiger partial charge in [0.2, 0.25) is 5.82 Å². The third-order valence-electron chi connectivity index (χ3n) is 15.3. The number of pyridine rings is 1. The minimum absolute atomic E-state index is 0.0518. The summed E-state index contributed by atoms with van der Waals surface area (Å²) in [5.74, 6) is -1.50. The fourth-order valence-corrected chi connectivity index (χ4v) is 10.4. The summed E-state index contributed by atoms with van der Waals surface area (Å²) < 4.78 is 53.4. The molecule has 2 amide bonds. The zero-order chi connectivity index (χ0) is 63.4. The molecule has 2 aliphatic heterocycles. The van der Waals surface area contributed by atoms with E-state index in [0.29, 0.717) is 161 Å². The van der Waals surface area contributed by atoms with Gasteiger partial charge in [0, 0.05) is 84.4 Å². The van der Waals surface area contributed by atoms with Gasteiger partial charge in [-0.25, -0.2) is 14.6 Å². The molecule has 6 heterocycles. The number of methoxy groups -OCH3 is 1. The molecule has 4 N–H and O–H groups in total. The van der Waals surface area contributed by atoms with Crippen LogP contribution in [0.1, 0.15) is 77.7 Å². The first-order valence-electron chi connectivity index (χ1n) is 31.4. The number of aromatic amines is 1. The number of allylic oxidation sites excluding steroid dienone is 1. The number of aromatic nitrogens is 8. The van der Waals surface area contributed by atoms with Crippen molar-refractivity contribution in [3.8, 4) is 17.6 Å². The molecule has 494 valence electrons. The van der Waals surface area contributed by atoms with Crippen LogP contribution in [0.25, 0.3) is 22.3 Å². The predicted octanol–water partition coefficient (Wildman–Crippen LogP) is 2.44. The van der Waals surface area contributed by atoms with Crippen LogP contribution in [-0.4, -0.2) is 285 Å². The molecule has 1 atom stereocenters. The van der Waals surface area contributed by atoms with E-state index >= 15 is 0 Å². The van der Waals surface area contributed by atoms with Crippen molar-refractivity contribution in [3.05, 3.63) is 83.5 Å². The van der Waals surface area contributed by atoms with E-state index in [2.05, 4.69) is 63.4 Å². The van der Waals surface area contributed by atoms with Crippen molar-refractivity contribution in [2.45, 2.75) is 64.6 Å². The Hall–Kier alpha value is -6.69. The zero-order valence-corrected chi connectivity index (χ0v) is 52.4. The van der Waals surface area contributed by atoms with Crippen molar-refractivity contribution in [2.75, 3.05) is 191 Å². The summed E-state index contributed by atoms with van der Waals surface area (Å²) in [6, 6.07) is 11.5. The number of carbonyl (C=O) groups is 3. The fraction of sp³-hybridized carbons (Fsp3) is 0.629. The maximum atomic E-state index is 13.9. The second kappa shape index (κ2) is 40.9. The largest absolute Gasteiger partial charge is 0.494 e. The van der Waals surface area contributed by atoms with Gasteiger partial charge in [-0.05, 0) is 62.8 Å². The lowest BCUT2D eigenvalue weighted by Crippen LogP contribution is -2.48. The second-order valence-corrected chi connectivity index (χ2v) is 21.5. The summed E-state index contributed by atoms with van der Waals surface area (Å²) in [5, 5.41) is 45.9. The van der Waals surface area contributed by atoms with Crippen molar-refractivity contribution in [1.29, 1.82) is 5.26 Å². The number of rotatable bonds is 46. The van der Waals surface area contributed by atoms with Crippen LogP contribution in [0.5, 0.6) is 5.75 Å². The molecule has 0 aliphatic carbocycles. The SMILES string of the molecule is CCCOCCOCCOCCOCCn1cc(COCCOCCOCCOCCN2CCN(CCCN(CCCNC(=O)c3ncn(-c4ncc(OC)c5c(C(=O)C(=O)N6CCC(=C(C#N)c7ccccc7)CC6)c[nH]c45)n3)C(CO)CCO)CC2)nn1. The summed E-state index contributed by atoms with van der Waals surface area (Å²) >= 11 is 0. The van der Waals surface area contributed by atoms with E-state index in [9.17, 15) is 29.9 Å². The summed E-state index contributed by atoms with van der Waals surface area (Å²) in [7, 11) is 1.44. The third-order valence-corrected chi connectivity index (χ3v) is 15.3. The minimum atomic E-state index is -0.728. The summed E-state index contributed by atoms with van der Waals surface area (Å²) in [5.41, 5.74) is 3.55. The number of fused-ring (bicyclic) bond motifs is 1. The Morgan fingerprint density at radius 1 is 0.756 bits per heavy atom. The number of carbonyl (C=O) groups excluding carboxylic acids is 3. The highest BCUT2D eigenvalue weighted by atomic mass is 16.6. The molecule has 28 nitrogen and oxygen atoms in total. The smallest absolute Gasteiger partial charge is 0.295 e. The minimum Gasteiger partial charge on any atom is -0.494 e. The van der Waals surface area contributed by atoms with Crippen molar-refractivity contribution in [3.63, 3.8) is 0 Å². The highest BCUT2D eigenvalue weighted by Gasteiger charge is 2.31. The number of hydrogen-bond donors (Lipinski definition) is 4. The number of aliphatic hydroxyl groups excluding tert-OH is 2. The molecule has 7 rings (SSSR count). The number of benzene rings is 1. The van der Waals surface area contributed by atoms with Gasteiger partial charge < -0.3 is 72.9 Å². The normalized spacial score (nSPS) is 14.4. The molecule has 2 fully saturated rings. The molecule has 0 bridgehead atoms. The number of H-pyrrole nitrogens is 1. The number of piperidine rings is 1. The van der Waals surface area contributed by atoms with Gasteiger partial charge in [-0.1, -0.05) is 42.5 Å². The fourth-order valence-electron chi connectivity index (χ4n) is 10.4. The van der Waals surface area contributed by atoms with Gasteiger partial charge in [0.25, 0.3) is 17.6 Å². The van der Waals surface area contributed by atoms with Gasteiger partial charge in [0.15, 0.2) is 5.82 Å². The molecule has 2 saturated heterocycles. The third kappa shape index (κ3) is 23.2. The maximum absolute atomic E-state index is 13.9. The predicted molar refractivity (Wildman–Crippen MR) is 331 cm³/mol. The maximum Gasteiger partial charge on any atom is 0.295 e.